The van der Waals surface area contributed by atoms with Gasteiger partial charge < -0.3 is 9.84 Å². The van der Waals surface area contributed by atoms with Crippen molar-refractivity contribution in [3.8, 4) is 0 Å². The smallest absolute Gasteiger partial charge is 0.231 e. The number of hydrogen-bond donors (Lipinski definition) is 1. The molecule has 0 radical (unpaired) electrons. The summed E-state index contributed by atoms with van der Waals surface area (Å²) in [5, 5.41) is 7.43. The molecular formula is C13H8Br2N4O2. The van der Waals surface area contributed by atoms with E-state index in [1.165, 1.54) is 6.20 Å². The van der Waals surface area contributed by atoms with Crippen LogP contribution in [0.3, 0.4) is 0 Å². The van der Waals surface area contributed by atoms with Crippen LogP contribution in [-0.4, -0.2) is 21.0 Å². The predicted octanol–water partition coefficient (Wildman–Crippen LogP) is 3.32. The van der Waals surface area contributed by atoms with E-state index in [0.717, 1.165) is 5.39 Å². The number of amides is 1. The number of halogens is 2. The lowest BCUT2D eigenvalue weighted by molar-refractivity contribution is -0.115. The molecule has 0 unspecified atom stereocenters. The van der Waals surface area contributed by atoms with Crippen molar-refractivity contribution in [1.29, 1.82) is 0 Å². The van der Waals surface area contributed by atoms with E-state index in [2.05, 4.69) is 52.3 Å². The van der Waals surface area contributed by atoms with Gasteiger partial charge in [0, 0.05) is 5.39 Å². The van der Waals surface area contributed by atoms with Gasteiger partial charge in [-0.3, -0.25) is 4.79 Å². The van der Waals surface area contributed by atoms with Crippen LogP contribution in [0.15, 0.2) is 44.2 Å². The summed E-state index contributed by atoms with van der Waals surface area (Å²) in [5.41, 5.74) is 1.24. The van der Waals surface area contributed by atoms with Gasteiger partial charge in [-0.25, -0.2) is 9.97 Å². The molecule has 2 heterocycles. The van der Waals surface area contributed by atoms with E-state index >= 15 is 0 Å². The Bertz CT molecular complexity index is 819. The molecule has 8 heteroatoms. The number of nitrogens with zero attached hydrogens (tertiary/aromatic N) is 3. The Kier molecular flexibility index (Phi) is 3.98. The number of carbonyl (C=O) groups is 1. The maximum absolute atomic E-state index is 12.1. The zero-order valence-electron chi connectivity index (χ0n) is 10.5. The van der Waals surface area contributed by atoms with Crippen molar-refractivity contribution >= 4 is 54.6 Å². The van der Waals surface area contributed by atoms with Crippen molar-refractivity contribution in [3.05, 3.63) is 45.4 Å². The molecule has 2 aromatic heterocycles. The summed E-state index contributed by atoms with van der Waals surface area (Å²) in [6, 6.07) is 7.40. The highest BCUT2D eigenvalue weighted by molar-refractivity contribution is 9.11. The Balaban J connectivity index is 1.77. The molecule has 106 valence electrons. The highest BCUT2D eigenvalue weighted by Gasteiger charge is 2.14. The van der Waals surface area contributed by atoms with Gasteiger partial charge in [-0.05, 0) is 44.0 Å². The Hall–Kier alpha value is -1.80. The van der Waals surface area contributed by atoms with E-state index in [0.29, 0.717) is 26.3 Å². The fourth-order valence-electron chi connectivity index (χ4n) is 1.82. The van der Waals surface area contributed by atoms with Gasteiger partial charge in [0.2, 0.25) is 5.91 Å². The van der Waals surface area contributed by atoms with Gasteiger partial charge in [0.05, 0.1) is 12.6 Å². The lowest BCUT2D eigenvalue weighted by atomic mass is 10.2. The minimum atomic E-state index is -0.244. The first kappa shape index (κ1) is 14.2. The molecule has 3 aromatic rings. The summed E-state index contributed by atoms with van der Waals surface area (Å²) in [7, 11) is 0. The predicted molar refractivity (Wildman–Crippen MR) is 83.8 cm³/mol. The molecule has 1 amide bonds. The molecule has 21 heavy (non-hydrogen) atoms. The van der Waals surface area contributed by atoms with E-state index < -0.39 is 0 Å². The van der Waals surface area contributed by atoms with Gasteiger partial charge in [-0.15, -0.1) is 0 Å². The first-order valence-electron chi connectivity index (χ1n) is 5.94. The van der Waals surface area contributed by atoms with Crippen LogP contribution in [0.25, 0.3) is 11.0 Å². The topological polar surface area (TPSA) is 80.9 Å². The summed E-state index contributed by atoms with van der Waals surface area (Å²) < 4.78 is 6.20. The van der Waals surface area contributed by atoms with Crippen LogP contribution in [0.2, 0.25) is 0 Å². The van der Waals surface area contributed by atoms with Crippen LogP contribution in [0.1, 0.15) is 5.69 Å². The largest absolute Gasteiger partial charge is 0.356 e. The van der Waals surface area contributed by atoms with Crippen LogP contribution in [0.4, 0.5) is 5.82 Å². The normalized spacial score (nSPS) is 10.8. The number of nitrogens with one attached hydrogen (secondary N) is 1. The second kappa shape index (κ2) is 5.90. The third-order valence-electron chi connectivity index (χ3n) is 2.74. The van der Waals surface area contributed by atoms with E-state index in [1.807, 2.05) is 18.2 Å². The molecule has 1 N–H and O–H groups in total. The van der Waals surface area contributed by atoms with Gasteiger partial charge in [0.1, 0.15) is 14.9 Å². The van der Waals surface area contributed by atoms with Crippen molar-refractivity contribution in [2.24, 2.45) is 0 Å². The van der Waals surface area contributed by atoms with Crippen molar-refractivity contribution in [2.45, 2.75) is 6.42 Å². The second-order valence-electron chi connectivity index (χ2n) is 4.18. The summed E-state index contributed by atoms with van der Waals surface area (Å²) in [6.07, 6.45) is 1.60. The Labute approximate surface area is 136 Å². The van der Waals surface area contributed by atoms with Crippen molar-refractivity contribution in [2.75, 3.05) is 5.32 Å². The Morgan fingerprint density at radius 2 is 2.10 bits per heavy atom. The van der Waals surface area contributed by atoms with Crippen molar-refractivity contribution < 1.29 is 9.32 Å². The Morgan fingerprint density at radius 3 is 2.90 bits per heavy atom. The molecule has 0 atom stereocenters. The number of fused-ring (bicyclic) bond motifs is 1. The third kappa shape index (κ3) is 3.11. The van der Waals surface area contributed by atoms with Crippen molar-refractivity contribution in [3.63, 3.8) is 0 Å². The van der Waals surface area contributed by atoms with Crippen LogP contribution in [0, 0.1) is 0 Å². The summed E-state index contributed by atoms with van der Waals surface area (Å²) in [6.45, 7) is 0. The fourth-order valence-corrected chi connectivity index (χ4v) is 2.73. The zero-order chi connectivity index (χ0) is 14.8. The lowest BCUT2D eigenvalue weighted by Crippen LogP contribution is -2.16. The van der Waals surface area contributed by atoms with Gasteiger partial charge in [0.25, 0.3) is 0 Å². The number of rotatable bonds is 3. The lowest BCUT2D eigenvalue weighted by Gasteiger charge is -2.04. The molecule has 0 fully saturated rings. The standard InChI is InChI=1S/C13H8Br2N4O2/c14-10-6-16-13(12(15)17-10)18-11(20)5-8-7-3-1-2-4-9(7)21-19-8/h1-4,6H,5H2,(H,16,18,20). The average molecular weight is 412 g/mol. The molecule has 0 aliphatic carbocycles. The number of benzene rings is 1. The van der Waals surface area contributed by atoms with Crippen LogP contribution in [-0.2, 0) is 11.2 Å². The third-order valence-corrected chi connectivity index (χ3v) is 3.67. The zero-order valence-corrected chi connectivity index (χ0v) is 13.7. The molecule has 3 rings (SSSR count). The first-order valence-corrected chi connectivity index (χ1v) is 7.53. The SMILES string of the molecule is O=C(Cc1noc2ccccc12)Nc1ncc(Br)nc1Br. The van der Waals surface area contributed by atoms with E-state index in [-0.39, 0.29) is 12.3 Å². The summed E-state index contributed by atoms with van der Waals surface area (Å²) in [5.74, 6) is 0.113. The average Bonchev–Trinajstić information content (AvgIpc) is 2.85. The molecule has 1 aromatic carbocycles. The van der Waals surface area contributed by atoms with Gasteiger partial charge in [-0.2, -0.15) is 0 Å². The van der Waals surface area contributed by atoms with Gasteiger partial charge in [0.15, 0.2) is 11.4 Å². The Morgan fingerprint density at radius 1 is 1.29 bits per heavy atom. The highest BCUT2D eigenvalue weighted by atomic mass is 79.9. The molecule has 0 spiro atoms. The van der Waals surface area contributed by atoms with Crippen LogP contribution >= 0.6 is 31.9 Å². The maximum Gasteiger partial charge on any atom is 0.231 e. The first-order chi connectivity index (χ1) is 10.1. The number of carbonyl (C=O) groups excluding carboxylic acids is 1. The number of hydrogen-bond acceptors (Lipinski definition) is 5. The molecule has 6 nitrogen and oxygen atoms in total. The highest BCUT2D eigenvalue weighted by Crippen LogP contribution is 2.21. The number of anilines is 1. The molecule has 0 aliphatic rings. The van der Waals surface area contributed by atoms with Crippen molar-refractivity contribution in [1.82, 2.24) is 15.1 Å². The minimum Gasteiger partial charge on any atom is -0.356 e. The minimum absolute atomic E-state index is 0.0984. The molecule has 0 bridgehead atoms. The monoisotopic (exact) mass is 410 g/mol. The molecule has 0 saturated carbocycles. The van der Waals surface area contributed by atoms with E-state index in [9.17, 15) is 4.79 Å². The van der Waals surface area contributed by atoms with E-state index in [4.69, 9.17) is 4.52 Å². The number of para-hydroxylation sites is 1. The second-order valence-corrected chi connectivity index (χ2v) is 5.75. The van der Waals surface area contributed by atoms with E-state index in [1.54, 1.807) is 6.07 Å². The maximum atomic E-state index is 12.1. The van der Waals surface area contributed by atoms with Gasteiger partial charge in [-0.1, -0.05) is 17.3 Å². The molecule has 0 saturated heterocycles. The van der Waals surface area contributed by atoms with Crippen LogP contribution < -0.4 is 5.32 Å². The summed E-state index contributed by atoms with van der Waals surface area (Å²) in [4.78, 5) is 20.2. The quantitative estimate of drug-likeness (QED) is 0.714. The summed E-state index contributed by atoms with van der Waals surface area (Å²) >= 11 is 6.44. The molecular weight excluding hydrogens is 404 g/mol. The molecule has 0 aliphatic heterocycles. The van der Waals surface area contributed by atoms with Crippen LogP contribution in [0.5, 0.6) is 0 Å². The van der Waals surface area contributed by atoms with Gasteiger partial charge >= 0.3 is 0 Å². The fraction of sp³-hybridized carbons (Fsp3) is 0.0769. The number of aromatic nitrogens is 3.